The van der Waals surface area contributed by atoms with Gasteiger partial charge in [0.2, 0.25) is 5.82 Å². The van der Waals surface area contributed by atoms with Crippen molar-refractivity contribution in [3.63, 3.8) is 0 Å². The molecule has 0 spiro atoms. The second-order valence-corrected chi connectivity index (χ2v) is 8.02. The molecule has 1 aliphatic heterocycles. The van der Waals surface area contributed by atoms with Crippen LogP contribution in [0, 0.1) is 17.5 Å². The Hall–Kier alpha value is -3.83. The number of hydrogen-bond acceptors (Lipinski definition) is 4. The van der Waals surface area contributed by atoms with Gasteiger partial charge in [0.15, 0.2) is 23.1 Å². The van der Waals surface area contributed by atoms with Gasteiger partial charge in [-0.05, 0) is 37.6 Å². The van der Waals surface area contributed by atoms with Crippen LogP contribution in [0.15, 0.2) is 30.5 Å². The molecule has 0 bridgehead atoms. The Kier molecular flexibility index (Phi) is 5.10. The van der Waals surface area contributed by atoms with Crippen molar-refractivity contribution in [2.75, 3.05) is 6.54 Å². The van der Waals surface area contributed by atoms with Gasteiger partial charge in [-0.2, -0.15) is 5.10 Å². The Morgan fingerprint density at radius 1 is 1.12 bits per heavy atom. The maximum Gasteiger partial charge on any atom is 0.297 e. The molecule has 0 unspecified atom stereocenters. The van der Waals surface area contributed by atoms with Crippen molar-refractivity contribution in [2.45, 2.75) is 25.8 Å². The van der Waals surface area contributed by atoms with E-state index in [0.717, 1.165) is 16.5 Å². The number of nitrogens with zero attached hydrogens (tertiary/aromatic N) is 6. The molecule has 1 aliphatic rings. The number of benzene rings is 1. The highest BCUT2D eigenvalue weighted by molar-refractivity contribution is 5.94. The van der Waals surface area contributed by atoms with Crippen LogP contribution in [0.4, 0.5) is 22.0 Å². The molecule has 34 heavy (non-hydrogen) atoms. The van der Waals surface area contributed by atoms with Crippen LogP contribution in [-0.4, -0.2) is 41.7 Å². The van der Waals surface area contributed by atoms with Crippen molar-refractivity contribution in [3.05, 3.63) is 70.6 Å². The Morgan fingerprint density at radius 2 is 1.82 bits per heavy atom. The fourth-order valence-corrected chi connectivity index (χ4v) is 4.42. The molecule has 3 aromatic heterocycles. The predicted octanol–water partition coefficient (Wildman–Crippen LogP) is 4.24. The lowest BCUT2D eigenvalue weighted by molar-refractivity contribution is 0.0672. The fraction of sp³-hybridized carbons (Fsp3) is 0.273. The second kappa shape index (κ2) is 7.89. The van der Waals surface area contributed by atoms with Gasteiger partial charge in [-0.3, -0.25) is 13.9 Å². The highest BCUT2D eigenvalue weighted by atomic mass is 19.3. The Labute approximate surface area is 189 Å². The zero-order valence-electron chi connectivity index (χ0n) is 17.9. The first-order chi connectivity index (χ1) is 16.2. The van der Waals surface area contributed by atoms with E-state index < -0.39 is 41.7 Å². The first-order valence-electron chi connectivity index (χ1n) is 10.3. The van der Waals surface area contributed by atoms with Gasteiger partial charge < -0.3 is 4.90 Å². The van der Waals surface area contributed by atoms with E-state index in [1.165, 1.54) is 23.0 Å². The van der Waals surface area contributed by atoms with Crippen LogP contribution in [0.5, 0.6) is 0 Å². The molecule has 0 radical (unpaired) electrons. The number of aromatic nitrogens is 5. The van der Waals surface area contributed by atoms with Crippen LogP contribution < -0.4 is 0 Å². The molecule has 7 nitrogen and oxygen atoms in total. The summed E-state index contributed by atoms with van der Waals surface area (Å²) in [5.74, 6) is -5.13. The number of pyridine rings is 1. The number of carbonyl (C=O) groups excluding carboxylic acids is 1. The zero-order chi connectivity index (χ0) is 24.3. The first-order valence-corrected chi connectivity index (χ1v) is 10.3. The van der Waals surface area contributed by atoms with Crippen LogP contribution in [0.1, 0.15) is 46.8 Å². The van der Waals surface area contributed by atoms with Gasteiger partial charge in [0, 0.05) is 30.9 Å². The van der Waals surface area contributed by atoms with Crippen molar-refractivity contribution in [1.29, 1.82) is 0 Å². The van der Waals surface area contributed by atoms with E-state index in [2.05, 4.69) is 15.3 Å². The summed E-state index contributed by atoms with van der Waals surface area (Å²) < 4.78 is 70.0. The SMILES string of the molecule is C[C@H]1c2nn(C)c(-c3cc(F)c(F)c(F)c3)c2CCN1C(=O)c1ccc2nnc(C(F)F)n2c1. The molecule has 1 amide bonds. The first kappa shape index (κ1) is 22.0. The number of halogens is 5. The van der Waals surface area contributed by atoms with E-state index in [4.69, 9.17) is 0 Å². The van der Waals surface area contributed by atoms with Gasteiger partial charge in [-0.15, -0.1) is 10.2 Å². The Morgan fingerprint density at radius 3 is 2.50 bits per heavy atom. The number of fused-ring (bicyclic) bond motifs is 2. The third-order valence-electron chi connectivity index (χ3n) is 6.03. The van der Waals surface area contributed by atoms with Crippen molar-refractivity contribution < 1.29 is 26.7 Å². The maximum absolute atomic E-state index is 13.8. The molecular weight excluding hydrogens is 459 g/mol. The summed E-state index contributed by atoms with van der Waals surface area (Å²) in [5.41, 5.74) is 2.15. The van der Waals surface area contributed by atoms with Gasteiger partial charge in [-0.25, -0.2) is 22.0 Å². The molecule has 0 N–H and O–H groups in total. The van der Waals surface area contributed by atoms with Crippen LogP contribution in [0.25, 0.3) is 16.9 Å². The van der Waals surface area contributed by atoms with Gasteiger partial charge in [0.25, 0.3) is 12.3 Å². The summed E-state index contributed by atoms with van der Waals surface area (Å²) in [5, 5.41) is 11.6. The summed E-state index contributed by atoms with van der Waals surface area (Å²) in [6, 6.07) is 4.22. The molecule has 12 heteroatoms. The minimum absolute atomic E-state index is 0.136. The monoisotopic (exact) mass is 476 g/mol. The molecule has 0 saturated heterocycles. The molecule has 4 aromatic rings. The van der Waals surface area contributed by atoms with E-state index >= 15 is 0 Å². The molecule has 1 aromatic carbocycles. The molecule has 0 saturated carbocycles. The van der Waals surface area contributed by atoms with Gasteiger partial charge in [0.1, 0.15) is 0 Å². The molecule has 0 aliphatic carbocycles. The molecule has 1 atom stereocenters. The number of rotatable bonds is 3. The lowest BCUT2D eigenvalue weighted by atomic mass is 9.95. The summed E-state index contributed by atoms with van der Waals surface area (Å²) in [6.45, 7) is 2.00. The van der Waals surface area contributed by atoms with Crippen molar-refractivity contribution >= 4 is 11.6 Å². The minimum Gasteiger partial charge on any atom is -0.330 e. The van der Waals surface area contributed by atoms with Gasteiger partial charge >= 0.3 is 0 Å². The number of aryl methyl sites for hydroxylation is 1. The molecule has 0 fully saturated rings. The third-order valence-corrected chi connectivity index (χ3v) is 6.03. The zero-order valence-corrected chi connectivity index (χ0v) is 17.9. The highest BCUT2D eigenvalue weighted by Crippen LogP contribution is 2.37. The van der Waals surface area contributed by atoms with E-state index in [1.54, 1.807) is 18.9 Å². The normalized spacial score (nSPS) is 15.9. The summed E-state index contributed by atoms with van der Waals surface area (Å²) in [7, 11) is 1.59. The largest absolute Gasteiger partial charge is 0.330 e. The number of hydrogen-bond donors (Lipinski definition) is 0. The third kappa shape index (κ3) is 3.32. The van der Waals surface area contributed by atoms with Crippen LogP contribution >= 0.6 is 0 Å². The fourth-order valence-electron chi connectivity index (χ4n) is 4.42. The quantitative estimate of drug-likeness (QED) is 0.328. The topological polar surface area (TPSA) is 68.3 Å². The van der Waals surface area contributed by atoms with E-state index in [-0.39, 0.29) is 23.3 Å². The number of amides is 1. The molecule has 176 valence electrons. The van der Waals surface area contributed by atoms with Crippen molar-refractivity contribution in [1.82, 2.24) is 29.3 Å². The van der Waals surface area contributed by atoms with Gasteiger partial charge in [0.05, 0.1) is 23.0 Å². The summed E-state index contributed by atoms with van der Waals surface area (Å²) in [6.07, 6.45) is -1.26. The second-order valence-electron chi connectivity index (χ2n) is 8.02. The van der Waals surface area contributed by atoms with E-state index in [9.17, 15) is 26.7 Å². The highest BCUT2D eigenvalue weighted by Gasteiger charge is 2.34. The van der Waals surface area contributed by atoms with Gasteiger partial charge in [-0.1, -0.05) is 0 Å². The lowest BCUT2D eigenvalue weighted by Gasteiger charge is -2.33. The van der Waals surface area contributed by atoms with E-state index in [1.807, 2.05) is 0 Å². The number of carbonyl (C=O) groups is 1. The molecular formula is C22H17F5N6O. The average molecular weight is 476 g/mol. The van der Waals surface area contributed by atoms with Crippen LogP contribution in [0.3, 0.4) is 0 Å². The van der Waals surface area contributed by atoms with Crippen LogP contribution in [0.2, 0.25) is 0 Å². The molecule has 5 rings (SSSR count). The van der Waals surface area contributed by atoms with E-state index in [0.29, 0.717) is 23.4 Å². The van der Waals surface area contributed by atoms with Crippen molar-refractivity contribution in [3.8, 4) is 11.3 Å². The minimum atomic E-state index is -2.86. The van der Waals surface area contributed by atoms with Crippen molar-refractivity contribution in [2.24, 2.45) is 7.05 Å². The summed E-state index contributed by atoms with van der Waals surface area (Å²) in [4.78, 5) is 14.8. The summed E-state index contributed by atoms with van der Waals surface area (Å²) >= 11 is 0. The van der Waals surface area contributed by atoms with Crippen LogP contribution in [-0.2, 0) is 13.5 Å². The average Bonchev–Trinajstić information content (AvgIpc) is 3.37. The standard InChI is InChI=1S/C22H17F5N6O/c1-10-18-13(19(31(2)30-18)12-7-14(23)17(25)15(24)8-12)5-6-32(10)22(34)11-3-4-16-28-29-21(20(26)27)33(16)9-11/h3-4,7-10,20H,5-6H2,1-2H3/t10-/m0/s1. The maximum atomic E-state index is 13.8. The predicted molar refractivity (Wildman–Crippen MR) is 110 cm³/mol. The Balaban J connectivity index is 1.50. The smallest absolute Gasteiger partial charge is 0.297 e. The molecule has 4 heterocycles. The Bertz CT molecular complexity index is 1420. The lowest BCUT2D eigenvalue weighted by Crippen LogP contribution is -2.39. The number of alkyl halides is 2.